The molecule has 0 aromatic carbocycles. The third kappa shape index (κ3) is 3.47. The lowest BCUT2D eigenvalue weighted by Gasteiger charge is -2.35. The van der Waals surface area contributed by atoms with Crippen molar-refractivity contribution in [2.75, 3.05) is 60.1 Å². The molecule has 0 aromatic heterocycles. The summed E-state index contributed by atoms with van der Waals surface area (Å²) in [5.74, 6) is -0.170. The number of ether oxygens (including phenoxy) is 2. The van der Waals surface area contributed by atoms with Gasteiger partial charge in [-0.1, -0.05) is 0 Å². The van der Waals surface area contributed by atoms with E-state index in [9.17, 15) is 9.59 Å². The van der Waals surface area contributed by atoms with Crippen molar-refractivity contribution in [1.82, 2.24) is 15.1 Å². The molecule has 20 heavy (non-hydrogen) atoms. The number of esters is 1. The summed E-state index contributed by atoms with van der Waals surface area (Å²) in [7, 11) is 3.24. The van der Waals surface area contributed by atoms with E-state index >= 15 is 0 Å². The molecule has 0 saturated carbocycles. The standard InChI is InChI=1S/C13H23N3O4/c1-14-11-9-20-8-10(11)13(18)16-5-3-15(4-6-16)7-12(17)19-2/h10-11,14H,3-9H2,1-2H3. The van der Waals surface area contributed by atoms with E-state index in [0.717, 1.165) is 0 Å². The highest BCUT2D eigenvalue weighted by Crippen LogP contribution is 2.17. The van der Waals surface area contributed by atoms with Gasteiger partial charge in [0.1, 0.15) is 0 Å². The molecule has 1 N–H and O–H groups in total. The molecule has 1 amide bonds. The van der Waals surface area contributed by atoms with Crippen LogP contribution in [0.5, 0.6) is 0 Å². The first kappa shape index (κ1) is 15.2. The molecule has 2 rings (SSSR count). The van der Waals surface area contributed by atoms with Crippen molar-refractivity contribution in [1.29, 1.82) is 0 Å². The van der Waals surface area contributed by atoms with E-state index < -0.39 is 0 Å². The summed E-state index contributed by atoms with van der Waals surface area (Å²) >= 11 is 0. The fraction of sp³-hybridized carbons (Fsp3) is 0.846. The van der Waals surface area contributed by atoms with Crippen molar-refractivity contribution < 1.29 is 19.1 Å². The molecular weight excluding hydrogens is 262 g/mol. The van der Waals surface area contributed by atoms with E-state index in [2.05, 4.69) is 10.1 Å². The van der Waals surface area contributed by atoms with Gasteiger partial charge in [0.25, 0.3) is 0 Å². The number of rotatable bonds is 4. The summed E-state index contributed by atoms with van der Waals surface area (Å²) in [5.41, 5.74) is 0. The lowest BCUT2D eigenvalue weighted by Crippen LogP contribution is -2.53. The molecular formula is C13H23N3O4. The normalized spacial score (nSPS) is 27.6. The molecule has 2 aliphatic heterocycles. The Morgan fingerprint density at radius 3 is 2.55 bits per heavy atom. The molecule has 0 spiro atoms. The molecule has 7 nitrogen and oxygen atoms in total. The van der Waals surface area contributed by atoms with Gasteiger partial charge in [-0.05, 0) is 7.05 Å². The second-order valence-electron chi connectivity index (χ2n) is 5.22. The van der Waals surface area contributed by atoms with Gasteiger partial charge in [-0.15, -0.1) is 0 Å². The van der Waals surface area contributed by atoms with Crippen molar-refractivity contribution in [3.8, 4) is 0 Å². The van der Waals surface area contributed by atoms with Gasteiger partial charge in [0.2, 0.25) is 5.91 Å². The van der Waals surface area contributed by atoms with Gasteiger partial charge in [0.05, 0.1) is 32.8 Å². The van der Waals surface area contributed by atoms with Gasteiger partial charge >= 0.3 is 5.97 Å². The van der Waals surface area contributed by atoms with Gasteiger partial charge in [-0.25, -0.2) is 0 Å². The predicted octanol–water partition coefficient (Wildman–Crippen LogP) is -1.46. The highest BCUT2D eigenvalue weighted by Gasteiger charge is 2.36. The van der Waals surface area contributed by atoms with Crippen molar-refractivity contribution in [2.24, 2.45) is 5.92 Å². The summed E-state index contributed by atoms with van der Waals surface area (Å²) < 4.78 is 10.0. The zero-order valence-corrected chi connectivity index (χ0v) is 12.1. The Hall–Kier alpha value is -1.18. The zero-order chi connectivity index (χ0) is 14.5. The summed E-state index contributed by atoms with van der Waals surface area (Å²) in [6, 6.07) is 0.107. The Labute approximate surface area is 119 Å². The molecule has 0 aromatic rings. The fourth-order valence-electron chi connectivity index (χ4n) is 2.69. The van der Waals surface area contributed by atoms with Crippen molar-refractivity contribution >= 4 is 11.9 Å². The number of carbonyl (C=O) groups excluding carboxylic acids is 2. The second kappa shape index (κ2) is 7.01. The van der Waals surface area contributed by atoms with E-state index in [1.54, 1.807) is 0 Å². The van der Waals surface area contributed by atoms with Crippen LogP contribution in [0.15, 0.2) is 0 Å². The molecule has 0 radical (unpaired) electrons. The van der Waals surface area contributed by atoms with E-state index in [0.29, 0.717) is 45.9 Å². The van der Waals surface area contributed by atoms with Crippen LogP contribution < -0.4 is 5.32 Å². The summed E-state index contributed by atoms with van der Waals surface area (Å²) in [6.45, 7) is 4.11. The van der Waals surface area contributed by atoms with Crippen LogP contribution in [0.2, 0.25) is 0 Å². The Bertz CT molecular complexity index is 356. The van der Waals surface area contributed by atoms with E-state index in [1.165, 1.54) is 7.11 Å². The van der Waals surface area contributed by atoms with Crippen LogP contribution in [-0.4, -0.2) is 87.8 Å². The number of nitrogens with one attached hydrogen (secondary N) is 1. The van der Waals surface area contributed by atoms with E-state index in [1.807, 2.05) is 16.8 Å². The van der Waals surface area contributed by atoms with Gasteiger partial charge in [0.15, 0.2) is 0 Å². The highest BCUT2D eigenvalue weighted by atomic mass is 16.5. The molecule has 2 heterocycles. The third-order valence-electron chi connectivity index (χ3n) is 4.03. The average molecular weight is 285 g/mol. The number of likely N-dealkylation sites (N-methyl/N-ethyl adjacent to an activating group) is 1. The van der Waals surface area contributed by atoms with Gasteiger partial charge in [0, 0.05) is 32.2 Å². The van der Waals surface area contributed by atoms with E-state index in [-0.39, 0.29) is 23.8 Å². The Morgan fingerprint density at radius 2 is 1.95 bits per heavy atom. The number of carbonyl (C=O) groups is 2. The first-order valence-electron chi connectivity index (χ1n) is 6.98. The second-order valence-corrected chi connectivity index (χ2v) is 5.22. The zero-order valence-electron chi connectivity index (χ0n) is 12.1. The Morgan fingerprint density at radius 1 is 1.25 bits per heavy atom. The number of nitrogens with zero attached hydrogens (tertiary/aromatic N) is 2. The van der Waals surface area contributed by atoms with E-state index in [4.69, 9.17) is 4.74 Å². The van der Waals surface area contributed by atoms with Crippen LogP contribution in [0.4, 0.5) is 0 Å². The Balaban J connectivity index is 1.81. The first-order chi connectivity index (χ1) is 9.65. The van der Waals surface area contributed by atoms with Crippen LogP contribution >= 0.6 is 0 Å². The maximum Gasteiger partial charge on any atom is 0.319 e. The summed E-state index contributed by atoms with van der Waals surface area (Å²) in [6.07, 6.45) is 0. The summed E-state index contributed by atoms with van der Waals surface area (Å²) in [5, 5.41) is 3.13. The quantitative estimate of drug-likeness (QED) is 0.637. The van der Waals surface area contributed by atoms with Gasteiger partial charge < -0.3 is 19.7 Å². The van der Waals surface area contributed by atoms with Gasteiger partial charge in [-0.3, -0.25) is 14.5 Å². The number of methoxy groups -OCH3 is 1. The molecule has 2 unspecified atom stereocenters. The Kier molecular flexibility index (Phi) is 5.33. The topological polar surface area (TPSA) is 71.1 Å². The van der Waals surface area contributed by atoms with Crippen LogP contribution in [-0.2, 0) is 19.1 Å². The van der Waals surface area contributed by atoms with Crippen LogP contribution in [0, 0.1) is 5.92 Å². The molecule has 2 atom stereocenters. The van der Waals surface area contributed by atoms with Crippen LogP contribution in [0.3, 0.4) is 0 Å². The predicted molar refractivity (Wildman–Crippen MR) is 72.2 cm³/mol. The molecule has 0 aliphatic carbocycles. The first-order valence-corrected chi connectivity index (χ1v) is 6.98. The average Bonchev–Trinajstić information content (AvgIpc) is 2.95. The molecule has 114 valence electrons. The molecule has 2 aliphatic rings. The maximum absolute atomic E-state index is 12.5. The molecule has 0 bridgehead atoms. The number of amides is 1. The molecule has 2 saturated heterocycles. The minimum atomic E-state index is -0.232. The largest absolute Gasteiger partial charge is 0.468 e. The number of piperazine rings is 1. The molecule has 2 fully saturated rings. The minimum absolute atomic E-state index is 0.0906. The van der Waals surface area contributed by atoms with Crippen molar-refractivity contribution in [3.63, 3.8) is 0 Å². The maximum atomic E-state index is 12.5. The lowest BCUT2D eigenvalue weighted by molar-refractivity contribution is -0.143. The summed E-state index contributed by atoms with van der Waals surface area (Å²) in [4.78, 5) is 27.6. The van der Waals surface area contributed by atoms with Crippen molar-refractivity contribution in [2.45, 2.75) is 6.04 Å². The van der Waals surface area contributed by atoms with Crippen LogP contribution in [0.25, 0.3) is 0 Å². The smallest absolute Gasteiger partial charge is 0.319 e. The molecule has 7 heteroatoms. The van der Waals surface area contributed by atoms with Gasteiger partial charge in [-0.2, -0.15) is 0 Å². The highest BCUT2D eigenvalue weighted by molar-refractivity contribution is 5.80. The van der Waals surface area contributed by atoms with Crippen LogP contribution in [0.1, 0.15) is 0 Å². The minimum Gasteiger partial charge on any atom is -0.468 e. The van der Waals surface area contributed by atoms with Crippen molar-refractivity contribution in [3.05, 3.63) is 0 Å². The third-order valence-corrected chi connectivity index (χ3v) is 4.03. The number of hydrogen-bond donors (Lipinski definition) is 1. The SMILES string of the molecule is CNC1COCC1C(=O)N1CCN(CC(=O)OC)CC1. The lowest BCUT2D eigenvalue weighted by atomic mass is 10.0. The fourth-order valence-corrected chi connectivity index (χ4v) is 2.69. The monoisotopic (exact) mass is 285 g/mol. The number of hydrogen-bond acceptors (Lipinski definition) is 6.